The molecule has 0 radical (unpaired) electrons. The topological polar surface area (TPSA) is 202 Å². The SMILES string of the molecule is C=CC1=C(C)c2cc3[nH]c(cc4nc(cc5[nH]c(cc1n2)c(C)c5CCC(=O)NCC(=O)CCC(=O)OCC)C(CCC(=O)NCC(=O)CCC(=O)OCC)=C4C)c(C)c3C=C. The van der Waals surface area contributed by atoms with E-state index in [1.165, 1.54) is 0 Å². The van der Waals surface area contributed by atoms with Crippen LogP contribution in [0.2, 0.25) is 0 Å². The molecular weight excluding hydrogens is 789 g/mol. The Balaban J connectivity index is 1.55. The number of nitrogens with one attached hydrogen (secondary N) is 4. The van der Waals surface area contributed by atoms with Crippen LogP contribution in [0.1, 0.15) is 118 Å². The van der Waals surface area contributed by atoms with Crippen molar-refractivity contribution in [2.75, 3.05) is 26.3 Å². The van der Waals surface area contributed by atoms with Gasteiger partial charge in [0.2, 0.25) is 11.8 Å². The Morgan fingerprint density at radius 1 is 0.597 bits per heavy atom. The maximum Gasteiger partial charge on any atom is 0.306 e. The number of amides is 2. The van der Waals surface area contributed by atoms with Gasteiger partial charge in [-0.15, -0.1) is 0 Å². The quantitative estimate of drug-likeness (QED) is 0.0831. The van der Waals surface area contributed by atoms with Crippen LogP contribution in [-0.4, -0.2) is 81.6 Å². The minimum atomic E-state index is -0.460. The number of ketones is 2. The number of fused-ring (bicyclic) bond motifs is 8. The summed E-state index contributed by atoms with van der Waals surface area (Å²) in [5.41, 5.74) is 13.1. The predicted molar refractivity (Wildman–Crippen MR) is 241 cm³/mol. The molecule has 3 aromatic rings. The zero-order valence-corrected chi connectivity index (χ0v) is 36.5. The Morgan fingerprint density at radius 3 is 1.68 bits per heavy atom. The first-order chi connectivity index (χ1) is 29.7. The molecule has 4 N–H and O–H groups in total. The number of nitrogens with zero attached hydrogens (tertiary/aromatic N) is 2. The van der Waals surface area contributed by atoms with E-state index in [1.54, 1.807) is 19.9 Å². The van der Waals surface area contributed by atoms with Gasteiger partial charge < -0.3 is 30.1 Å². The Labute approximate surface area is 361 Å². The summed E-state index contributed by atoms with van der Waals surface area (Å²) in [6, 6.07) is 7.88. The third-order valence-electron chi connectivity index (χ3n) is 11.0. The second kappa shape index (κ2) is 21.2. The number of hydrogen-bond donors (Lipinski definition) is 4. The predicted octanol–water partition coefficient (Wildman–Crippen LogP) is 7.39. The van der Waals surface area contributed by atoms with E-state index in [1.807, 2.05) is 58.0 Å². The molecule has 0 spiro atoms. The van der Waals surface area contributed by atoms with Gasteiger partial charge in [0.15, 0.2) is 11.6 Å². The zero-order valence-electron chi connectivity index (χ0n) is 36.5. The van der Waals surface area contributed by atoms with Crippen molar-refractivity contribution in [1.82, 2.24) is 30.6 Å². The van der Waals surface area contributed by atoms with Crippen LogP contribution in [0, 0.1) is 13.8 Å². The first kappa shape index (κ1) is 46.4. The number of ether oxygens (including phenoxy) is 2. The molecule has 2 aliphatic rings. The largest absolute Gasteiger partial charge is 0.466 e. The molecule has 3 aromatic heterocycles. The van der Waals surface area contributed by atoms with Gasteiger partial charge in [0.1, 0.15) is 0 Å². The van der Waals surface area contributed by atoms with E-state index in [0.717, 1.165) is 66.8 Å². The highest BCUT2D eigenvalue weighted by molar-refractivity contribution is 5.98. The lowest BCUT2D eigenvalue weighted by molar-refractivity contribution is -0.144. The van der Waals surface area contributed by atoms with E-state index in [4.69, 9.17) is 19.4 Å². The number of esters is 2. The van der Waals surface area contributed by atoms with Crippen LogP contribution in [0.4, 0.5) is 0 Å². The van der Waals surface area contributed by atoms with E-state index in [2.05, 4.69) is 33.8 Å². The number of carbonyl (C=O) groups is 6. The molecule has 0 unspecified atom stereocenters. The number of rotatable bonds is 20. The number of allylic oxidation sites excluding steroid dienone is 5. The molecule has 0 fully saturated rings. The number of hydrogen-bond acceptors (Lipinski definition) is 10. The molecule has 5 rings (SSSR count). The molecule has 14 heteroatoms. The van der Waals surface area contributed by atoms with Gasteiger partial charge in [0.05, 0.1) is 61.9 Å². The highest BCUT2D eigenvalue weighted by atomic mass is 16.5. The fourth-order valence-corrected chi connectivity index (χ4v) is 7.48. The van der Waals surface area contributed by atoms with Gasteiger partial charge in [-0.05, 0) is 112 Å². The Bertz CT molecular complexity index is 2550. The van der Waals surface area contributed by atoms with Crippen LogP contribution in [-0.2, 0) is 44.7 Å². The number of Topliss-reactive ketones (excluding diaryl/α,β-unsaturated/α-hetero) is 2. The summed E-state index contributed by atoms with van der Waals surface area (Å²) < 4.78 is 9.79. The Kier molecular flexibility index (Phi) is 15.9. The van der Waals surface area contributed by atoms with Crippen LogP contribution in [0.3, 0.4) is 0 Å². The van der Waals surface area contributed by atoms with Crippen LogP contribution in [0.5, 0.6) is 0 Å². The van der Waals surface area contributed by atoms with Crippen molar-refractivity contribution < 1.29 is 38.2 Å². The number of carbonyl (C=O) groups excluding carboxylic acids is 6. The maximum absolute atomic E-state index is 13.1. The molecule has 0 saturated heterocycles. The zero-order chi connectivity index (χ0) is 45.1. The van der Waals surface area contributed by atoms with Crippen LogP contribution in [0.25, 0.3) is 50.4 Å². The second-order valence-electron chi connectivity index (χ2n) is 15.2. The van der Waals surface area contributed by atoms with Gasteiger partial charge in [-0.1, -0.05) is 25.3 Å². The molecule has 326 valence electrons. The van der Waals surface area contributed by atoms with E-state index in [-0.39, 0.29) is 88.2 Å². The van der Waals surface area contributed by atoms with E-state index in [9.17, 15) is 28.8 Å². The standard InChI is InChI=1S/C48H56N6O8/c1-9-33-27(5)37-21-38-29(7)35(15-17-45(57)49-25-31(55)13-19-47(59)61-11-3)43(53-38)24-44-36(16-18-46(58)50-26-32(56)14-20-48(60)62-12-4)30(8)40(54-44)23-42-34(10-2)28(6)39(52-42)22-41(33)51-37/h9-10,21-24,51,54H,1-2,11-20,25-26H2,3-8H3,(H,49,57)(H,50,58). The summed E-state index contributed by atoms with van der Waals surface area (Å²) in [5.74, 6) is -2.11. The van der Waals surface area contributed by atoms with Gasteiger partial charge >= 0.3 is 11.9 Å². The smallest absolute Gasteiger partial charge is 0.306 e. The maximum atomic E-state index is 13.1. The van der Waals surface area contributed by atoms with Crippen molar-refractivity contribution in [2.24, 2.45) is 0 Å². The minimum Gasteiger partial charge on any atom is -0.466 e. The number of aryl methyl sites for hydroxylation is 3. The normalized spacial score (nSPS) is 12.2. The highest BCUT2D eigenvalue weighted by Crippen LogP contribution is 2.36. The van der Waals surface area contributed by atoms with E-state index >= 15 is 0 Å². The molecule has 14 nitrogen and oxygen atoms in total. The van der Waals surface area contributed by atoms with Crippen molar-refractivity contribution in [3.05, 3.63) is 88.5 Å². The van der Waals surface area contributed by atoms with Gasteiger partial charge in [0.25, 0.3) is 0 Å². The van der Waals surface area contributed by atoms with E-state index in [0.29, 0.717) is 35.4 Å². The monoisotopic (exact) mass is 844 g/mol. The van der Waals surface area contributed by atoms with Crippen molar-refractivity contribution in [3.63, 3.8) is 0 Å². The Hall–Kier alpha value is -6.70. The molecule has 2 aliphatic heterocycles. The summed E-state index contributed by atoms with van der Waals surface area (Å²) in [7, 11) is 0. The molecular formula is C48H56N6O8. The molecule has 5 heterocycles. The lowest BCUT2D eigenvalue weighted by atomic mass is 10.00. The van der Waals surface area contributed by atoms with Crippen LogP contribution >= 0.6 is 0 Å². The average Bonchev–Trinajstić information content (AvgIpc) is 3.91. The van der Waals surface area contributed by atoms with E-state index < -0.39 is 11.9 Å². The van der Waals surface area contributed by atoms with Gasteiger partial charge in [-0.2, -0.15) is 0 Å². The first-order valence-corrected chi connectivity index (χ1v) is 21.0. The Morgan fingerprint density at radius 2 is 1.10 bits per heavy atom. The first-order valence-electron chi connectivity index (χ1n) is 21.0. The van der Waals surface area contributed by atoms with Crippen molar-refractivity contribution in [3.8, 4) is 0 Å². The number of H-pyrrole nitrogens is 2. The van der Waals surface area contributed by atoms with Gasteiger partial charge in [0, 0.05) is 58.9 Å². The summed E-state index contributed by atoms with van der Waals surface area (Å²) >= 11 is 0. The molecule has 0 saturated carbocycles. The average molecular weight is 845 g/mol. The van der Waals surface area contributed by atoms with Crippen LogP contribution < -0.4 is 10.6 Å². The van der Waals surface area contributed by atoms with Crippen molar-refractivity contribution >= 4 is 85.8 Å². The number of aromatic nitrogens is 4. The molecule has 0 aliphatic carbocycles. The second-order valence-corrected chi connectivity index (χ2v) is 15.2. The lowest BCUT2D eigenvalue weighted by Crippen LogP contribution is -2.30. The molecule has 2 amide bonds. The third-order valence-corrected chi connectivity index (χ3v) is 11.0. The fourth-order valence-electron chi connectivity index (χ4n) is 7.48. The summed E-state index contributed by atoms with van der Waals surface area (Å²) in [4.78, 5) is 91.8. The third kappa shape index (κ3) is 11.4. The fraction of sp³-hybridized carbons (Fsp3) is 0.375. The summed E-state index contributed by atoms with van der Waals surface area (Å²) in [6.45, 7) is 19.6. The number of aromatic amines is 2. The lowest BCUT2D eigenvalue weighted by Gasteiger charge is -2.07. The van der Waals surface area contributed by atoms with Gasteiger partial charge in [-0.3, -0.25) is 28.8 Å². The van der Waals surface area contributed by atoms with Crippen LogP contribution in [0.15, 0.2) is 43.5 Å². The molecule has 8 bridgehead atoms. The molecule has 0 aromatic carbocycles. The molecule has 62 heavy (non-hydrogen) atoms. The highest BCUT2D eigenvalue weighted by Gasteiger charge is 2.22. The molecule has 0 atom stereocenters. The van der Waals surface area contributed by atoms with Gasteiger partial charge in [-0.25, -0.2) is 9.97 Å². The summed E-state index contributed by atoms with van der Waals surface area (Å²) in [5, 5.41) is 5.38. The minimum absolute atomic E-state index is 0.0274. The van der Waals surface area contributed by atoms with Crippen molar-refractivity contribution in [1.29, 1.82) is 0 Å². The van der Waals surface area contributed by atoms with Crippen molar-refractivity contribution in [2.45, 2.75) is 92.9 Å². The summed E-state index contributed by atoms with van der Waals surface area (Å²) in [6.07, 6.45) is 4.23.